The summed E-state index contributed by atoms with van der Waals surface area (Å²) in [7, 11) is 0. The van der Waals surface area contributed by atoms with Crippen LogP contribution in [0.15, 0.2) is 53.6 Å². The fourth-order valence-corrected chi connectivity index (χ4v) is 3.06. The zero-order valence-corrected chi connectivity index (χ0v) is 13.4. The molecule has 0 amide bonds. The molecular weight excluding hydrogens is 294 g/mol. The first-order valence-corrected chi connectivity index (χ1v) is 7.94. The molecule has 1 heterocycles. The van der Waals surface area contributed by atoms with Gasteiger partial charge in [0.1, 0.15) is 0 Å². The van der Waals surface area contributed by atoms with E-state index < -0.39 is 0 Å². The van der Waals surface area contributed by atoms with E-state index in [9.17, 15) is 0 Å². The molecule has 114 valence electrons. The lowest BCUT2D eigenvalue weighted by Crippen LogP contribution is -2.19. The lowest BCUT2D eigenvalue weighted by Gasteiger charge is -2.25. The number of hydrazone groups is 1. The number of hydrogen-bond acceptors (Lipinski definition) is 3. The van der Waals surface area contributed by atoms with Crippen LogP contribution in [0.2, 0.25) is 5.02 Å². The third kappa shape index (κ3) is 2.87. The fraction of sp³-hybridized carbons (Fsp3) is 0.278. The first-order valence-electron chi connectivity index (χ1n) is 7.56. The second kappa shape index (κ2) is 6.51. The molecule has 2 aromatic rings. The molecule has 0 aliphatic carbocycles. The molecule has 1 unspecified atom stereocenters. The van der Waals surface area contributed by atoms with E-state index in [2.05, 4.69) is 35.3 Å². The Labute approximate surface area is 136 Å². The summed E-state index contributed by atoms with van der Waals surface area (Å²) in [4.78, 5) is 0. The van der Waals surface area contributed by atoms with Crippen LogP contribution in [0.1, 0.15) is 30.0 Å². The van der Waals surface area contributed by atoms with Gasteiger partial charge in [0.2, 0.25) is 0 Å². The third-order valence-corrected chi connectivity index (χ3v) is 4.49. The van der Waals surface area contributed by atoms with E-state index in [1.165, 1.54) is 5.56 Å². The van der Waals surface area contributed by atoms with E-state index in [0.29, 0.717) is 6.54 Å². The monoisotopic (exact) mass is 313 g/mol. The lowest BCUT2D eigenvalue weighted by molar-refractivity contribution is 0.706. The predicted molar refractivity (Wildman–Crippen MR) is 93.6 cm³/mol. The Kier molecular flexibility index (Phi) is 4.46. The van der Waals surface area contributed by atoms with Crippen molar-refractivity contribution in [3.63, 3.8) is 0 Å². The van der Waals surface area contributed by atoms with Gasteiger partial charge in [-0.3, -0.25) is 5.01 Å². The number of rotatable bonds is 4. The summed E-state index contributed by atoms with van der Waals surface area (Å²) < 4.78 is 0. The number of benzene rings is 2. The average Bonchev–Trinajstić information content (AvgIpc) is 2.95. The first-order chi connectivity index (χ1) is 10.7. The summed E-state index contributed by atoms with van der Waals surface area (Å²) in [6, 6.07) is 16.7. The van der Waals surface area contributed by atoms with Gasteiger partial charge < -0.3 is 5.73 Å². The highest BCUT2D eigenvalue weighted by Gasteiger charge is 2.29. The fourth-order valence-electron chi connectivity index (χ4n) is 2.89. The molecule has 0 radical (unpaired) electrons. The van der Waals surface area contributed by atoms with Gasteiger partial charge in [-0.25, -0.2) is 0 Å². The van der Waals surface area contributed by atoms with Gasteiger partial charge in [-0.1, -0.05) is 48.0 Å². The zero-order valence-electron chi connectivity index (χ0n) is 12.7. The van der Waals surface area contributed by atoms with Crippen molar-refractivity contribution < 1.29 is 0 Å². The summed E-state index contributed by atoms with van der Waals surface area (Å²) in [5.41, 5.74) is 10.2. The third-order valence-electron chi connectivity index (χ3n) is 4.08. The van der Waals surface area contributed by atoms with E-state index in [-0.39, 0.29) is 6.04 Å². The largest absolute Gasteiger partial charge is 0.330 e. The number of anilines is 1. The number of nitrogens with two attached hydrogens (primary N) is 1. The van der Waals surface area contributed by atoms with E-state index >= 15 is 0 Å². The van der Waals surface area contributed by atoms with Crippen molar-refractivity contribution in [1.29, 1.82) is 0 Å². The molecule has 2 N–H and O–H groups in total. The standard InChI is InChI=1S/C18H20ClN3/c1-13-16(19)8-5-9-17(13)22-18(12-15(21-22)10-11-20)14-6-3-2-4-7-14/h2-9,18H,10-12,20H2,1H3. The van der Waals surface area contributed by atoms with Crippen molar-refractivity contribution >= 4 is 23.0 Å². The second-order valence-corrected chi connectivity index (χ2v) is 5.97. The van der Waals surface area contributed by atoms with Crippen LogP contribution >= 0.6 is 11.6 Å². The minimum absolute atomic E-state index is 0.208. The van der Waals surface area contributed by atoms with Crippen molar-refractivity contribution in [1.82, 2.24) is 0 Å². The van der Waals surface area contributed by atoms with Crippen molar-refractivity contribution in [2.75, 3.05) is 11.6 Å². The van der Waals surface area contributed by atoms with Crippen LogP contribution in [-0.2, 0) is 0 Å². The van der Waals surface area contributed by atoms with Gasteiger partial charge in [0, 0.05) is 17.2 Å². The molecule has 2 aromatic carbocycles. The number of nitrogens with zero attached hydrogens (tertiary/aromatic N) is 2. The average molecular weight is 314 g/mol. The lowest BCUT2D eigenvalue weighted by atomic mass is 10.00. The van der Waals surface area contributed by atoms with E-state index in [1.807, 2.05) is 25.1 Å². The van der Waals surface area contributed by atoms with Gasteiger partial charge in [0.05, 0.1) is 11.7 Å². The van der Waals surface area contributed by atoms with Crippen LogP contribution in [0.25, 0.3) is 0 Å². The minimum Gasteiger partial charge on any atom is -0.330 e. The molecule has 22 heavy (non-hydrogen) atoms. The van der Waals surface area contributed by atoms with Crippen LogP contribution in [0.3, 0.4) is 0 Å². The number of halogens is 1. The summed E-state index contributed by atoms with van der Waals surface area (Å²) in [5.74, 6) is 0. The molecule has 0 fully saturated rings. The van der Waals surface area contributed by atoms with Crippen LogP contribution in [0.4, 0.5) is 5.69 Å². The van der Waals surface area contributed by atoms with Gasteiger partial charge in [0.15, 0.2) is 0 Å². The molecule has 1 atom stereocenters. The molecule has 0 bridgehead atoms. The van der Waals surface area contributed by atoms with Crippen LogP contribution < -0.4 is 10.7 Å². The van der Waals surface area contributed by atoms with Crippen molar-refractivity contribution in [2.24, 2.45) is 10.8 Å². The SMILES string of the molecule is Cc1c(Cl)cccc1N1N=C(CCN)CC1c1ccccc1. The maximum absolute atomic E-state index is 6.29. The molecule has 0 spiro atoms. The van der Waals surface area contributed by atoms with E-state index in [0.717, 1.165) is 34.8 Å². The Balaban J connectivity index is 2.02. The minimum atomic E-state index is 0.208. The van der Waals surface area contributed by atoms with Crippen LogP contribution in [-0.4, -0.2) is 12.3 Å². The Morgan fingerprint density at radius 1 is 1.18 bits per heavy atom. The normalized spacial score (nSPS) is 17.7. The summed E-state index contributed by atoms with van der Waals surface area (Å²) in [6.45, 7) is 2.67. The quantitative estimate of drug-likeness (QED) is 0.914. The Morgan fingerprint density at radius 2 is 1.95 bits per heavy atom. The second-order valence-electron chi connectivity index (χ2n) is 5.56. The van der Waals surface area contributed by atoms with Gasteiger partial charge >= 0.3 is 0 Å². The molecule has 4 heteroatoms. The van der Waals surface area contributed by atoms with Gasteiger partial charge in [-0.05, 0) is 43.1 Å². The highest BCUT2D eigenvalue weighted by molar-refractivity contribution is 6.31. The molecule has 3 nitrogen and oxygen atoms in total. The Morgan fingerprint density at radius 3 is 2.68 bits per heavy atom. The topological polar surface area (TPSA) is 41.6 Å². The van der Waals surface area contributed by atoms with Crippen LogP contribution in [0, 0.1) is 6.92 Å². The molecular formula is C18H20ClN3. The van der Waals surface area contributed by atoms with Gasteiger partial charge in [0.25, 0.3) is 0 Å². The molecule has 0 saturated heterocycles. The smallest absolute Gasteiger partial charge is 0.0828 e. The van der Waals surface area contributed by atoms with Gasteiger partial charge in [-0.2, -0.15) is 5.10 Å². The maximum Gasteiger partial charge on any atom is 0.0828 e. The molecule has 0 aromatic heterocycles. The van der Waals surface area contributed by atoms with Gasteiger partial charge in [-0.15, -0.1) is 0 Å². The Hall–Kier alpha value is -1.84. The van der Waals surface area contributed by atoms with Crippen molar-refractivity contribution in [2.45, 2.75) is 25.8 Å². The highest BCUT2D eigenvalue weighted by atomic mass is 35.5. The van der Waals surface area contributed by atoms with Crippen molar-refractivity contribution in [3.05, 3.63) is 64.7 Å². The Bertz CT molecular complexity index is 682. The molecule has 0 saturated carbocycles. The van der Waals surface area contributed by atoms with Crippen LogP contribution in [0.5, 0.6) is 0 Å². The summed E-state index contributed by atoms with van der Waals surface area (Å²) >= 11 is 6.29. The van der Waals surface area contributed by atoms with E-state index in [1.54, 1.807) is 0 Å². The number of hydrogen-bond donors (Lipinski definition) is 1. The summed E-state index contributed by atoms with van der Waals surface area (Å²) in [5, 5.41) is 7.69. The highest BCUT2D eigenvalue weighted by Crippen LogP contribution is 2.38. The molecule has 1 aliphatic heterocycles. The maximum atomic E-state index is 6.29. The van der Waals surface area contributed by atoms with Crippen molar-refractivity contribution in [3.8, 4) is 0 Å². The first kappa shape index (κ1) is 15.1. The zero-order chi connectivity index (χ0) is 15.5. The molecule has 1 aliphatic rings. The molecule has 3 rings (SSSR count). The predicted octanol–water partition coefficient (Wildman–Crippen LogP) is 4.30. The van der Waals surface area contributed by atoms with E-state index in [4.69, 9.17) is 22.4 Å². The summed E-state index contributed by atoms with van der Waals surface area (Å²) in [6.07, 6.45) is 1.74.